The molecule has 0 atom stereocenters. The highest BCUT2D eigenvalue weighted by atomic mass is 32.1. The molecule has 0 aromatic carbocycles. The maximum atomic E-state index is 11.3. The number of alkyl carbamates (subject to hydrolysis) is 1. The number of hydrogen-bond donors (Lipinski definition) is 1. The molecular weight excluding hydrogens is 250 g/mol. The van der Waals surface area contributed by atoms with E-state index in [0.29, 0.717) is 11.4 Å². The van der Waals surface area contributed by atoms with Crippen LogP contribution in [0.5, 0.6) is 0 Å². The van der Waals surface area contributed by atoms with Crippen molar-refractivity contribution in [1.29, 1.82) is 0 Å². The zero-order valence-corrected chi connectivity index (χ0v) is 11.5. The number of amides is 1. The summed E-state index contributed by atoms with van der Waals surface area (Å²) in [6, 6.07) is 1.86. The van der Waals surface area contributed by atoms with E-state index >= 15 is 0 Å². The Balaban J connectivity index is 2.38. The van der Waals surface area contributed by atoms with Gasteiger partial charge in [-0.1, -0.05) is 12.2 Å². The van der Waals surface area contributed by atoms with Gasteiger partial charge in [0.15, 0.2) is 6.29 Å². The molecule has 0 unspecified atom stereocenters. The molecule has 4 nitrogen and oxygen atoms in total. The molecule has 0 aliphatic carbocycles. The quantitative estimate of drug-likeness (QED) is 0.853. The Morgan fingerprint density at radius 2 is 2.22 bits per heavy atom. The van der Waals surface area contributed by atoms with Crippen molar-refractivity contribution >= 4 is 29.8 Å². The average molecular weight is 267 g/mol. The highest BCUT2D eigenvalue weighted by Gasteiger charge is 2.14. The van der Waals surface area contributed by atoms with Gasteiger partial charge in [0, 0.05) is 6.54 Å². The molecule has 0 saturated carbocycles. The Morgan fingerprint density at radius 1 is 1.50 bits per heavy atom. The van der Waals surface area contributed by atoms with Gasteiger partial charge in [-0.2, -0.15) is 0 Å². The number of ether oxygens (including phenoxy) is 1. The summed E-state index contributed by atoms with van der Waals surface area (Å²) in [7, 11) is 0. The van der Waals surface area contributed by atoms with Gasteiger partial charge in [0.1, 0.15) is 5.60 Å². The van der Waals surface area contributed by atoms with E-state index in [-0.39, 0.29) is 0 Å². The fourth-order valence-corrected chi connectivity index (χ4v) is 1.90. The first-order valence-corrected chi connectivity index (χ1v) is 6.46. The Labute approximate surface area is 111 Å². The average Bonchev–Trinajstić information content (AvgIpc) is 2.69. The van der Waals surface area contributed by atoms with Gasteiger partial charge in [0.2, 0.25) is 0 Å². The lowest BCUT2D eigenvalue weighted by atomic mass is 10.2. The van der Waals surface area contributed by atoms with Gasteiger partial charge in [-0.05, 0) is 37.8 Å². The van der Waals surface area contributed by atoms with Gasteiger partial charge in [-0.15, -0.1) is 11.3 Å². The van der Waals surface area contributed by atoms with Crippen molar-refractivity contribution in [2.45, 2.75) is 26.4 Å². The van der Waals surface area contributed by atoms with Crippen molar-refractivity contribution < 1.29 is 14.3 Å². The predicted octanol–water partition coefficient (Wildman–Crippen LogP) is 3.10. The van der Waals surface area contributed by atoms with Gasteiger partial charge in [-0.25, -0.2) is 4.79 Å². The summed E-state index contributed by atoms with van der Waals surface area (Å²) in [6.45, 7) is 5.79. The molecule has 18 heavy (non-hydrogen) atoms. The molecule has 0 radical (unpaired) electrons. The molecule has 0 aliphatic heterocycles. The molecule has 1 amide bonds. The van der Waals surface area contributed by atoms with Crippen molar-refractivity contribution in [2.75, 3.05) is 6.54 Å². The summed E-state index contributed by atoms with van der Waals surface area (Å²) in [5.41, 5.74) is 0.368. The van der Waals surface area contributed by atoms with Crippen LogP contribution in [0, 0.1) is 0 Å². The van der Waals surface area contributed by atoms with Gasteiger partial charge < -0.3 is 10.1 Å². The number of rotatable bonds is 4. The van der Waals surface area contributed by atoms with E-state index in [0.717, 1.165) is 11.8 Å². The first-order chi connectivity index (χ1) is 8.42. The molecule has 0 aliphatic rings. The van der Waals surface area contributed by atoms with E-state index < -0.39 is 11.7 Å². The van der Waals surface area contributed by atoms with Crippen molar-refractivity contribution in [3.63, 3.8) is 0 Å². The van der Waals surface area contributed by atoms with Crippen molar-refractivity contribution in [3.05, 3.63) is 28.0 Å². The highest BCUT2D eigenvalue weighted by Crippen LogP contribution is 2.15. The summed E-state index contributed by atoms with van der Waals surface area (Å²) in [6.07, 6.45) is 3.95. The highest BCUT2D eigenvalue weighted by molar-refractivity contribution is 7.11. The summed E-state index contributed by atoms with van der Waals surface area (Å²) in [4.78, 5) is 22.7. The lowest BCUT2D eigenvalue weighted by Crippen LogP contribution is -2.32. The van der Waals surface area contributed by atoms with E-state index in [4.69, 9.17) is 4.74 Å². The molecule has 0 saturated heterocycles. The smallest absolute Gasteiger partial charge is 0.407 e. The third-order valence-electron chi connectivity index (χ3n) is 1.89. The Morgan fingerprint density at radius 3 is 2.83 bits per heavy atom. The molecule has 0 bridgehead atoms. The van der Waals surface area contributed by atoms with E-state index in [9.17, 15) is 9.59 Å². The number of aldehydes is 1. The number of carbonyl (C=O) groups is 2. The van der Waals surface area contributed by atoms with E-state index in [1.807, 2.05) is 32.2 Å². The van der Waals surface area contributed by atoms with E-state index in [1.54, 1.807) is 12.2 Å². The molecule has 1 heterocycles. The maximum Gasteiger partial charge on any atom is 0.407 e. The predicted molar refractivity (Wildman–Crippen MR) is 73.0 cm³/mol. The summed E-state index contributed by atoms with van der Waals surface area (Å²) < 4.78 is 5.08. The zero-order chi connectivity index (χ0) is 13.6. The van der Waals surface area contributed by atoms with Crippen LogP contribution in [0.4, 0.5) is 4.79 Å². The van der Waals surface area contributed by atoms with E-state index in [1.165, 1.54) is 11.3 Å². The van der Waals surface area contributed by atoms with Crippen molar-refractivity contribution in [2.24, 2.45) is 0 Å². The van der Waals surface area contributed by atoms with Crippen LogP contribution in [-0.4, -0.2) is 24.5 Å². The number of thiophene rings is 1. The van der Waals surface area contributed by atoms with Gasteiger partial charge in [0.05, 0.1) is 4.88 Å². The third-order valence-corrected chi connectivity index (χ3v) is 2.75. The van der Waals surface area contributed by atoms with Crippen LogP contribution in [0.25, 0.3) is 6.08 Å². The number of nitrogens with one attached hydrogen (secondary N) is 1. The van der Waals surface area contributed by atoms with Crippen LogP contribution < -0.4 is 5.32 Å². The molecule has 1 N–H and O–H groups in total. The van der Waals surface area contributed by atoms with Crippen molar-refractivity contribution in [3.8, 4) is 0 Å². The minimum Gasteiger partial charge on any atom is -0.444 e. The maximum absolute atomic E-state index is 11.3. The zero-order valence-electron chi connectivity index (χ0n) is 10.7. The number of hydrogen-bond acceptors (Lipinski definition) is 4. The third kappa shape index (κ3) is 5.14. The van der Waals surface area contributed by atoms with Gasteiger partial charge >= 0.3 is 6.09 Å². The van der Waals surface area contributed by atoms with Crippen LogP contribution >= 0.6 is 11.3 Å². The monoisotopic (exact) mass is 267 g/mol. The molecule has 5 heteroatoms. The lowest BCUT2D eigenvalue weighted by molar-refractivity contribution is 0.0534. The minimum atomic E-state index is -0.494. The second kappa shape index (κ2) is 6.35. The van der Waals surface area contributed by atoms with Crippen molar-refractivity contribution in [1.82, 2.24) is 5.32 Å². The first kappa shape index (κ1) is 14.4. The van der Waals surface area contributed by atoms with Crippen LogP contribution in [0.1, 0.15) is 36.0 Å². The van der Waals surface area contributed by atoms with Crippen LogP contribution in [0.3, 0.4) is 0 Å². The molecular formula is C13H17NO3S. The Kier molecular flexibility index (Phi) is 5.09. The molecule has 0 spiro atoms. The Bertz CT molecular complexity index is 443. The fourth-order valence-electron chi connectivity index (χ4n) is 1.21. The van der Waals surface area contributed by atoms with E-state index in [2.05, 4.69) is 5.32 Å². The van der Waals surface area contributed by atoms with Crippen LogP contribution in [0.2, 0.25) is 0 Å². The molecule has 1 rings (SSSR count). The summed E-state index contributed by atoms with van der Waals surface area (Å²) >= 11 is 1.39. The standard InChI is InChI=1S/C13H17NO3S/c1-13(2,3)17-12(16)14-7-4-5-10-6-8-18-11(10)9-15/h4-6,8-9H,7H2,1-3H3,(H,14,16). The van der Waals surface area contributed by atoms with Crippen LogP contribution in [0.15, 0.2) is 17.5 Å². The molecule has 1 aromatic heterocycles. The largest absolute Gasteiger partial charge is 0.444 e. The summed E-state index contributed by atoms with van der Waals surface area (Å²) in [5, 5.41) is 4.46. The molecule has 1 aromatic rings. The summed E-state index contributed by atoms with van der Waals surface area (Å²) in [5.74, 6) is 0. The minimum absolute atomic E-state index is 0.364. The molecule has 0 fully saturated rings. The second-order valence-corrected chi connectivity index (χ2v) is 5.59. The van der Waals surface area contributed by atoms with Crippen LogP contribution in [-0.2, 0) is 4.74 Å². The second-order valence-electron chi connectivity index (χ2n) is 4.64. The SMILES string of the molecule is CC(C)(C)OC(=O)NCC=Cc1ccsc1C=O. The molecule has 98 valence electrons. The van der Waals surface area contributed by atoms with Gasteiger partial charge in [-0.3, -0.25) is 4.79 Å². The first-order valence-electron chi connectivity index (χ1n) is 5.58. The topological polar surface area (TPSA) is 55.4 Å². The number of carbonyl (C=O) groups excluding carboxylic acids is 2. The van der Waals surface area contributed by atoms with Gasteiger partial charge in [0.25, 0.3) is 0 Å². The lowest BCUT2D eigenvalue weighted by Gasteiger charge is -2.19. The normalized spacial score (nSPS) is 11.5. The Hall–Kier alpha value is -1.62. The fraction of sp³-hybridized carbons (Fsp3) is 0.385.